The Morgan fingerprint density at radius 2 is 1.79 bits per heavy atom. The van der Waals surface area contributed by atoms with Gasteiger partial charge < -0.3 is 15.1 Å². The normalized spacial score (nSPS) is 14.6. The Morgan fingerprint density at radius 1 is 1.10 bits per heavy atom. The molecule has 29 heavy (non-hydrogen) atoms. The minimum absolute atomic E-state index is 0.102. The molecule has 0 unspecified atom stereocenters. The van der Waals surface area contributed by atoms with Crippen LogP contribution in [0.3, 0.4) is 0 Å². The van der Waals surface area contributed by atoms with Crippen LogP contribution >= 0.6 is 0 Å². The highest BCUT2D eigenvalue weighted by Gasteiger charge is 2.34. The highest BCUT2D eigenvalue weighted by molar-refractivity contribution is 5.95. The number of rotatable bonds is 5. The van der Waals surface area contributed by atoms with Crippen LogP contribution in [0.25, 0.3) is 0 Å². The molecule has 10 heteroatoms. The predicted octanol–water partition coefficient (Wildman–Crippen LogP) is 2.88. The SMILES string of the molecule is CN(C)c1nc(CNC(=O)c2ccccc2C(F)(F)F)nc(N2CCCCC2)n1. The summed E-state index contributed by atoms with van der Waals surface area (Å²) in [5.74, 6) is 0.412. The molecule has 2 aromatic rings. The summed E-state index contributed by atoms with van der Waals surface area (Å²) in [6, 6.07) is 4.68. The molecule has 3 rings (SSSR count). The zero-order valence-corrected chi connectivity index (χ0v) is 16.3. The van der Waals surface area contributed by atoms with E-state index in [2.05, 4.69) is 25.2 Å². The molecular formula is C19H23F3N6O. The average Bonchev–Trinajstić information content (AvgIpc) is 2.71. The number of halogens is 3. The second-order valence-electron chi connectivity index (χ2n) is 7.02. The van der Waals surface area contributed by atoms with Gasteiger partial charge in [-0.25, -0.2) is 0 Å². The van der Waals surface area contributed by atoms with E-state index in [1.54, 1.807) is 19.0 Å². The van der Waals surface area contributed by atoms with Crippen molar-refractivity contribution in [1.29, 1.82) is 0 Å². The van der Waals surface area contributed by atoms with Crippen LogP contribution in [-0.2, 0) is 12.7 Å². The summed E-state index contributed by atoms with van der Waals surface area (Å²) in [7, 11) is 3.58. The lowest BCUT2D eigenvalue weighted by molar-refractivity contribution is -0.137. The number of anilines is 2. The lowest BCUT2D eigenvalue weighted by Crippen LogP contribution is -2.33. The highest BCUT2D eigenvalue weighted by atomic mass is 19.4. The molecule has 1 saturated heterocycles. The number of aromatic nitrogens is 3. The summed E-state index contributed by atoms with van der Waals surface area (Å²) in [6.45, 7) is 1.57. The maximum absolute atomic E-state index is 13.1. The Labute approximate surface area is 167 Å². The number of carbonyl (C=O) groups is 1. The minimum Gasteiger partial charge on any atom is -0.347 e. The quantitative estimate of drug-likeness (QED) is 0.820. The summed E-state index contributed by atoms with van der Waals surface area (Å²) in [5.41, 5.74) is -1.41. The zero-order chi connectivity index (χ0) is 21.0. The largest absolute Gasteiger partial charge is 0.417 e. The molecular weight excluding hydrogens is 385 g/mol. The van der Waals surface area contributed by atoms with Gasteiger partial charge in [-0.15, -0.1) is 0 Å². The van der Waals surface area contributed by atoms with Gasteiger partial charge in [0.25, 0.3) is 5.91 Å². The Balaban J connectivity index is 1.80. The number of nitrogens with one attached hydrogen (secondary N) is 1. The van der Waals surface area contributed by atoms with E-state index in [0.717, 1.165) is 44.5 Å². The molecule has 156 valence electrons. The average molecular weight is 408 g/mol. The van der Waals surface area contributed by atoms with Crippen molar-refractivity contribution >= 4 is 17.8 Å². The maximum atomic E-state index is 13.1. The van der Waals surface area contributed by atoms with E-state index in [4.69, 9.17) is 0 Å². The summed E-state index contributed by atoms with van der Waals surface area (Å²) in [4.78, 5) is 29.3. The predicted molar refractivity (Wildman–Crippen MR) is 103 cm³/mol. The van der Waals surface area contributed by atoms with Gasteiger partial charge in [0, 0.05) is 27.2 Å². The van der Waals surface area contributed by atoms with Gasteiger partial charge in [-0.1, -0.05) is 12.1 Å². The third-order valence-electron chi connectivity index (χ3n) is 4.58. The van der Waals surface area contributed by atoms with Crippen LogP contribution in [-0.4, -0.2) is 48.0 Å². The summed E-state index contributed by atoms with van der Waals surface area (Å²) in [6.07, 6.45) is -1.36. The van der Waals surface area contributed by atoms with Crippen LogP contribution in [0.5, 0.6) is 0 Å². The molecule has 2 heterocycles. The fourth-order valence-corrected chi connectivity index (χ4v) is 3.09. The Bertz CT molecular complexity index is 865. The second-order valence-corrected chi connectivity index (χ2v) is 7.02. The zero-order valence-electron chi connectivity index (χ0n) is 16.3. The number of nitrogens with zero attached hydrogens (tertiary/aromatic N) is 5. The Kier molecular flexibility index (Phi) is 6.19. The molecule has 0 bridgehead atoms. The fourth-order valence-electron chi connectivity index (χ4n) is 3.09. The van der Waals surface area contributed by atoms with Crippen LogP contribution in [0, 0.1) is 0 Å². The van der Waals surface area contributed by atoms with E-state index in [-0.39, 0.29) is 6.54 Å². The van der Waals surface area contributed by atoms with Crippen molar-refractivity contribution in [2.24, 2.45) is 0 Å². The van der Waals surface area contributed by atoms with Crippen molar-refractivity contribution in [1.82, 2.24) is 20.3 Å². The van der Waals surface area contributed by atoms with Crippen molar-refractivity contribution in [3.8, 4) is 0 Å². The van der Waals surface area contributed by atoms with E-state index in [1.165, 1.54) is 12.1 Å². The monoisotopic (exact) mass is 408 g/mol. The van der Waals surface area contributed by atoms with E-state index < -0.39 is 23.2 Å². The van der Waals surface area contributed by atoms with Gasteiger partial charge in [-0.05, 0) is 31.4 Å². The standard InChI is InChI=1S/C19H23F3N6O/c1-27(2)17-24-15(25-18(26-17)28-10-6-3-7-11-28)12-23-16(29)13-8-4-5-9-14(13)19(20,21)22/h4-5,8-9H,3,6-7,10-12H2,1-2H3,(H,23,29). The first-order valence-corrected chi connectivity index (χ1v) is 9.37. The fraction of sp³-hybridized carbons (Fsp3) is 0.474. The Hall–Kier alpha value is -2.91. The number of piperidine rings is 1. The third kappa shape index (κ3) is 5.12. The topological polar surface area (TPSA) is 74.2 Å². The molecule has 1 aromatic heterocycles. The first-order valence-electron chi connectivity index (χ1n) is 9.37. The molecule has 0 atom stereocenters. The lowest BCUT2D eigenvalue weighted by atomic mass is 10.1. The van der Waals surface area contributed by atoms with Crippen molar-refractivity contribution in [2.45, 2.75) is 32.0 Å². The second kappa shape index (κ2) is 8.62. The van der Waals surface area contributed by atoms with Crippen LogP contribution in [0.2, 0.25) is 0 Å². The minimum atomic E-state index is -4.61. The number of hydrogen-bond donors (Lipinski definition) is 1. The van der Waals surface area contributed by atoms with Crippen LogP contribution in [0.4, 0.5) is 25.1 Å². The van der Waals surface area contributed by atoms with Crippen molar-refractivity contribution in [3.63, 3.8) is 0 Å². The molecule has 1 aromatic carbocycles. The number of amides is 1. The molecule has 0 aliphatic carbocycles. The number of alkyl halides is 3. The number of benzene rings is 1. The lowest BCUT2D eigenvalue weighted by Gasteiger charge is -2.27. The van der Waals surface area contributed by atoms with Crippen molar-refractivity contribution < 1.29 is 18.0 Å². The third-order valence-corrected chi connectivity index (χ3v) is 4.58. The van der Waals surface area contributed by atoms with Gasteiger partial charge in [0.2, 0.25) is 11.9 Å². The van der Waals surface area contributed by atoms with E-state index in [1.807, 2.05) is 0 Å². The molecule has 1 aliphatic heterocycles. The van der Waals surface area contributed by atoms with Gasteiger partial charge in [0.05, 0.1) is 17.7 Å². The summed E-state index contributed by atoms with van der Waals surface area (Å²) < 4.78 is 39.4. The van der Waals surface area contributed by atoms with Gasteiger partial charge >= 0.3 is 6.18 Å². The summed E-state index contributed by atoms with van der Waals surface area (Å²) >= 11 is 0. The van der Waals surface area contributed by atoms with E-state index >= 15 is 0 Å². The smallest absolute Gasteiger partial charge is 0.347 e. The molecule has 1 fully saturated rings. The van der Waals surface area contributed by atoms with E-state index in [0.29, 0.717) is 17.7 Å². The van der Waals surface area contributed by atoms with Gasteiger partial charge in [-0.2, -0.15) is 28.1 Å². The number of carbonyl (C=O) groups excluding carboxylic acids is 1. The molecule has 0 saturated carbocycles. The van der Waals surface area contributed by atoms with Gasteiger partial charge in [0.1, 0.15) is 0 Å². The Morgan fingerprint density at radius 3 is 2.45 bits per heavy atom. The molecule has 1 aliphatic rings. The first kappa shape index (κ1) is 20.8. The molecule has 1 amide bonds. The molecule has 0 spiro atoms. The summed E-state index contributed by atoms with van der Waals surface area (Å²) in [5, 5.41) is 2.50. The highest BCUT2D eigenvalue weighted by Crippen LogP contribution is 2.31. The molecule has 1 N–H and O–H groups in total. The number of hydrogen-bond acceptors (Lipinski definition) is 6. The molecule has 0 radical (unpaired) electrons. The first-order chi connectivity index (χ1) is 13.8. The van der Waals surface area contributed by atoms with Crippen molar-refractivity contribution in [3.05, 3.63) is 41.2 Å². The van der Waals surface area contributed by atoms with E-state index in [9.17, 15) is 18.0 Å². The van der Waals surface area contributed by atoms with Gasteiger partial charge in [0.15, 0.2) is 5.82 Å². The van der Waals surface area contributed by atoms with Gasteiger partial charge in [-0.3, -0.25) is 4.79 Å². The van der Waals surface area contributed by atoms with Crippen molar-refractivity contribution in [2.75, 3.05) is 37.0 Å². The van der Waals surface area contributed by atoms with Crippen LogP contribution < -0.4 is 15.1 Å². The van der Waals surface area contributed by atoms with Crippen LogP contribution in [0.15, 0.2) is 24.3 Å². The maximum Gasteiger partial charge on any atom is 0.417 e. The van der Waals surface area contributed by atoms with Crippen LogP contribution in [0.1, 0.15) is 41.0 Å². The molecule has 7 nitrogen and oxygen atoms in total.